The van der Waals surface area contributed by atoms with E-state index in [4.69, 9.17) is 5.11 Å². The van der Waals surface area contributed by atoms with Crippen molar-refractivity contribution in [3.8, 4) is 0 Å². The van der Waals surface area contributed by atoms with Crippen molar-refractivity contribution in [2.75, 3.05) is 11.5 Å². The highest BCUT2D eigenvalue weighted by molar-refractivity contribution is 7.99. The molecule has 3 amide bonds. The maximum Gasteiger partial charge on any atom is 0.321 e. The van der Waals surface area contributed by atoms with Crippen LogP contribution in [0.2, 0.25) is 0 Å². The SMILES string of the molecule is CCSCC(C)NC(=O)NC(=O)CCCC(=O)O. The highest BCUT2D eigenvalue weighted by Crippen LogP contribution is 2.01. The van der Waals surface area contributed by atoms with Gasteiger partial charge in [-0.3, -0.25) is 14.9 Å². The summed E-state index contributed by atoms with van der Waals surface area (Å²) in [6, 6.07) is -0.540. The molecule has 0 saturated heterocycles. The summed E-state index contributed by atoms with van der Waals surface area (Å²) in [7, 11) is 0. The van der Waals surface area contributed by atoms with E-state index in [-0.39, 0.29) is 25.3 Å². The number of aliphatic carboxylic acids is 1. The lowest BCUT2D eigenvalue weighted by molar-refractivity contribution is -0.137. The van der Waals surface area contributed by atoms with Gasteiger partial charge in [-0.2, -0.15) is 11.8 Å². The third-order valence-electron chi connectivity index (χ3n) is 2.00. The van der Waals surface area contributed by atoms with E-state index in [1.807, 2.05) is 13.8 Å². The Labute approximate surface area is 111 Å². The van der Waals surface area contributed by atoms with Crippen LogP contribution in [0.1, 0.15) is 33.1 Å². The number of carbonyl (C=O) groups is 3. The molecule has 7 heteroatoms. The molecule has 0 aromatic rings. The topological polar surface area (TPSA) is 95.5 Å². The molecular weight excluding hydrogens is 256 g/mol. The van der Waals surface area contributed by atoms with Crippen molar-refractivity contribution >= 4 is 29.7 Å². The van der Waals surface area contributed by atoms with Crippen molar-refractivity contribution in [1.82, 2.24) is 10.6 Å². The molecule has 0 rings (SSSR count). The number of rotatable bonds is 8. The first kappa shape index (κ1) is 16.8. The van der Waals surface area contributed by atoms with Crippen LogP contribution in [0.25, 0.3) is 0 Å². The van der Waals surface area contributed by atoms with Crippen LogP contribution >= 0.6 is 11.8 Å². The molecular formula is C11H20N2O4S. The number of amides is 3. The second kappa shape index (κ2) is 9.76. The molecule has 18 heavy (non-hydrogen) atoms. The fourth-order valence-electron chi connectivity index (χ4n) is 1.19. The van der Waals surface area contributed by atoms with Gasteiger partial charge in [-0.1, -0.05) is 6.92 Å². The predicted octanol–water partition coefficient (Wildman–Crippen LogP) is 1.21. The minimum absolute atomic E-state index is 0.0123. The number of imide groups is 1. The molecule has 3 N–H and O–H groups in total. The molecule has 0 radical (unpaired) electrons. The van der Waals surface area contributed by atoms with Crippen molar-refractivity contribution in [2.45, 2.75) is 39.2 Å². The van der Waals surface area contributed by atoms with E-state index >= 15 is 0 Å². The maximum atomic E-state index is 11.4. The van der Waals surface area contributed by atoms with Gasteiger partial charge in [0.15, 0.2) is 0 Å². The molecule has 0 saturated carbocycles. The summed E-state index contributed by atoms with van der Waals surface area (Å²) in [5.41, 5.74) is 0. The standard InChI is InChI=1S/C11H20N2O4S/c1-3-18-7-8(2)12-11(17)13-9(14)5-4-6-10(15)16/h8H,3-7H2,1-2H3,(H,15,16)(H2,12,13,14,17). The van der Waals surface area contributed by atoms with Gasteiger partial charge in [0.2, 0.25) is 5.91 Å². The van der Waals surface area contributed by atoms with Crippen molar-refractivity contribution < 1.29 is 19.5 Å². The molecule has 6 nitrogen and oxygen atoms in total. The largest absolute Gasteiger partial charge is 0.481 e. The van der Waals surface area contributed by atoms with Crippen molar-refractivity contribution in [2.24, 2.45) is 0 Å². The first-order valence-electron chi connectivity index (χ1n) is 5.85. The van der Waals surface area contributed by atoms with Crippen LogP contribution in [-0.2, 0) is 9.59 Å². The molecule has 0 aromatic heterocycles. The fraction of sp³-hybridized carbons (Fsp3) is 0.727. The zero-order valence-electron chi connectivity index (χ0n) is 10.7. The summed E-state index contributed by atoms with van der Waals surface area (Å²) in [5, 5.41) is 13.2. The van der Waals surface area contributed by atoms with E-state index in [9.17, 15) is 14.4 Å². The normalized spacial score (nSPS) is 11.7. The van der Waals surface area contributed by atoms with E-state index in [0.29, 0.717) is 0 Å². The summed E-state index contributed by atoms with van der Waals surface area (Å²) in [4.78, 5) is 32.9. The Balaban J connectivity index is 3.73. The highest BCUT2D eigenvalue weighted by Gasteiger charge is 2.10. The first-order valence-corrected chi connectivity index (χ1v) is 7.01. The molecule has 0 aromatic carbocycles. The molecule has 104 valence electrons. The van der Waals surface area contributed by atoms with Crippen molar-refractivity contribution in [3.63, 3.8) is 0 Å². The summed E-state index contributed by atoms with van der Waals surface area (Å²) in [6.45, 7) is 3.89. The highest BCUT2D eigenvalue weighted by atomic mass is 32.2. The van der Waals surface area contributed by atoms with Gasteiger partial charge in [0.1, 0.15) is 0 Å². The van der Waals surface area contributed by atoms with Gasteiger partial charge in [-0.25, -0.2) is 4.79 Å². The Morgan fingerprint density at radius 2 is 1.94 bits per heavy atom. The third kappa shape index (κ3) is 9.95. The van der Waals surface area contributed by atoms with Crippen LogP contribution < -0.4 is 10.6 Å². The van der Waals surface area contributed by atoms with E-state index in [2.05, 4.69) is 10.6 Å². The van der Waals surface area contributed by atoms with E-state index in [1.165, 1.54) is 0 Å². The second-order valence-electron chi connectivity index (χ2n) is 3.83. The van der Waals surface area contributed by atoms with Crippen LogP contribution in [-0.4, -0.2) is 40.6 Å². The number of urea groups is 1. The molecule has 1 unspecified atom stereocenters. The Hall–Kier alpha value is -1.24. The van der Waals surface area contributed by atoms with E-state index in [0.717, 1.165) is 11.5 Å². The Kier molecular flexibility index (Phi) is 9.08. The quantitative estimate of drug-likeness (QED) is 0.619. The zero-order chi connectivity index (χ0) is 14.0. The van der Waals surface area contributed by atoms with Crippen LogP contribution in [0.3, 0.4) is 0 Å². The number of carboxylic acid groups (broad SMARTS) is 1. The average molecular weight is 276 g/mol. The first-order chi connectivity index (χ1) is 8.45. The average Bonchev–Trinajstić information content (AvgIpc) is 2.25. The number of carbonyl (C=O) groups excluding carboxylic acids is 2. The summed E-state index contributed by atoms with van der Waals surface area (Å²) >= 11 is 1.70. The molecule has 0 bridgehead atoms. The predicted molar refractivity (Wildman–Crippen MR) is 70.6 cm³/mol. The number of thioether (sulfide) groups is 1. The minimum Gasteiger partial charge on any atom is -0.481 e. The second-order valence-corrected chi connectivity index (χ2v) is 5.15. The molecule has 0 aliphatic rings. The van der Waals surface area contributed by atoms with Gasteiger partial charge in [-0.05, 0) is 19.1 Å². The van der Waals surface area contributed by atoms with Gasteiger partial charge in [0.25, 0.3) is 0 Å². The van der Waals surface area contributed by atoms with Crippen LogP contribution in [0.5, 0.6) is 0 Å². The molecule has 0 heterocycles. The van der Waals surface area contributed by atoms with Crippen LogP contribution in [0.15, 0.2) is 0 Å². The van der Waals surface area contributed by atoms with Gasteiger partial charge in [-0.15, -0.1) is 0 Å². The monoisotopic (exact) mass is 276 g/mol. The number of hydrogen-bond acceptors (Lipinski definition) is 4. The molecule has 0 fully saturated rings. The van der Waals surface area contributed by atoms with Crippen molar-refractivity contribution in [3.05, 3.63) is 0 Å². The summed E-state index contributed by atoms with van der Waals surface area (Å²) < 4.78 is 0. The molecule has 1 atom stereocenters. The van der Waals surface area contributed by atoms with Gasteiger partial charge in [0.05, 0.1) is 0 Å². The Morgan fingerprint density at radius 3 is 2.50 bits per heavy atom. The maximum absolute atomic E-state index is 11.4. The van der Waals surface area contributed by atoms with E-state index in [1.54, 1.807) is 11.8 Å². The molecule has 0 spiro atoms. The van der Waals surface area contributed by atoms with Gasteiger partial charge in [0, 0.05) is 24.6 Å². The summed E-state index contributed by atoms with van der Waals surface area (Å²) in [5.74, 6) is 0.361. The lowest BCUT2D eigenvalue weighted by Crippen LogP contribution is -2.44. The smallest absolute Gasteiger partial charge is 0.321 e. The Morgan fingerprint density at radius 1 is 1.28 bits per heavy atom. The third-order valence-corrected chi connectivity index (χ3v) is 3.14. The lowest BCUT2D eigenvalue weighted by Gasteiger charge is -2.13. The number of hydrogen-bond donors (Lipinski definition) is 3. The summed E-state index contributed by atoms with van der Waals surface area (Å²) in [6.07, 6.45) is 0.200. The number of nitrogens with one attached hydrogen (secondary N) is 2. The van der Waals surface area contributed by atoms with Gasteiger partial charge < -0.3 is 10.4 Å². The van der Waals surface area contributed by atoms with Crippen molar-refractivity contribution in [1.29, 1.82) is 0 Å². The van der Waals surface area contributed by atoms with Crippen LogP contribution in [0, 0.1) is 0 Å². The fourth-order valence-corrected chi connectivity index (χ4v) is 1.86. The Bertz CT molecular complexity index is 297. The molecule has 0 aliphatic heterocycles. The zero-order valence-corrected chi connectivity index (χ0v) is 11.5. The number of carboxylic acids is 1. The van der Waals surface area contributed by atoms with E-state index < -0.39 is 17.9 Å². The van der Waals surface area contributed by atoms with Gasteiger partial charge >= 0.3 is 12.0 Å². The van der Waals surface area contributed by atoms with Crippen LogP contribution in [0.4, 0.5) is 4.79 Å². The molecule has 0 aliphatic carbocycles. The minimum atomic E-state index is -0.947. The lowest BCUT2D eigenvalue weighted by atomic mass is 10.2.